The molecule has 0 spiro atoms. The second kappa shape index (κ2) is 7.26. The van der Waals surface area contributed by atoms with E-state index in [1.165, 1.54) is 0 Å². The van der Waals surface area contributed by atoms with Crippen molar-refractivity contribution in [3.05, 3.63) is 0 Å². The highest BCUT2D eigenvalue weighted by molar-refractivity contribution is 5.81. The van der Waals surface area contributed by atoms with Crippen LogP contribution in [0.1, 0.15) is 39.0 Å². The number of alkyl halides is 3. The Labute approximate surface area is 117 Å². The van der Waals surface area contributed by atoms with Gasteiger partial charge in [-0.05, 0) is 33.2 Å². The number of hydrogen-bond acceptors (Lipinski definition) is 4. The Kier molecular flexibility index (Phi) is 6.26. The van der Waals surface area contributed by atoms with Gasteiger partial charge in [0.25, 0.3) is 0 Å². The first-order valence-electron chi connectivity index (χ1n) is 6.87. The monoisotopic (exact) mass is 297 g/mol. The molecule has 0 aromatic heterocycles. The van der Waals surface area contributed by atoms with Crippen molar-refractivity contribution >= 4 is 5.97 Å². The molecule has 2 atom stereocenters. The van der Waals surface area contributed by atoms with Gasteiger partial charge in [-0.25, -0.2) is 0 Å². The van der Waals surface area contributed by atoms with E-state index < -0.39 is 18.1 Å². The predicted molar refractivity (Wildman–Crippen MR) is 67.3 cm³/mol. The average Bonchev–Trinajstić information content (AvgIpc) is 2.79. The van der Waals surface area contributed by atoms with Crippen LogP contribution in [0.25, 0.3) is 0 Å². The molecule has 1 rings (SSSR count). The van der Waals surface area contributed by atoms with Gasteiger partial charge in [-0.15, -0.1) is 0 Å². The maximum atomic E-state index is 12.0. The van der Waals surface area contributed by atoms with Crippen molar-refractivity contribution in [1.82, 2.24) is 5.32 Å². The van der Waals surface area contributed by atoms with Crippen LogP contribution < -0.4 is 5.32 Å². The molecule has 1 aliphatic rings. The van der Waals surface area contributed by atoms with Crippen molar-refractivity contribution < 1.29 is 27.4 Å². The zero-order valence-electron chi connectivity index (χ0n) is 11.9. The summed E-state index contributed by atoms with van der Waals surface area (Å²) in [5.74, 6) is -0.316. The molecule has 2 unspecified atom stereocenters. The van der Waals surface area contributed by atoms with Crippen LogP contribution in [-0.4, -0.2) is 44.0 Å². The molecule has 1 fully saturated rings. The first kappa shape index (κ1) is 17.2. The number of carbonyl (C=O) groups excluding carboxylic acids is 1. The van der Waals surface area contributed by atoms with Crippen LogP contribution in [0.2, 0.25) is 0 Å². The van der Waals surface area contributed by atoms with E-state index >= 15 is 0 Å². The van der Waals surface area contributed by atoms with Gasteiger partial charge in [-0.2, -0.15) is 13.2 Å². The molecule has 7 heteroatoms. The quantitative estimate of drug-likeness (QED) is 0.579. The van der Waals surface area contributed by atoms with E-state index in [4.69, 9.17) is 9.47 Å². The molecule has 0 aromatic carbocycles. The minimum atomic E-state index is -4.14. The normalized spacial score (nSPS) is 26.8. The molecule has 0 radical (unpaired) electrons. The Morgan fingerprint density at radius 3 is 2.70 bits per heavy atom. The third-order valence-corrected chi connectivity index (χ3v) is 3.57. The van der Waals surface area contributed by atoms with E-state index in [2.05, 4.69) is 5.32 Å². The van der Waals surface area contributed by atoms with E-state index in [1.54, 1.807) is 14.0 Å². The van der Waals surface area contributed by atoms with E-state index in [0.717, 1.165) is 0 Å². The average molecular weight is 297 g/mol. The van der Waals surface area contributed by atoms with Crippen LogP contribution >= 0.6 is 0 Å². The summed E-state index contributed by atoms with van der Waals surface area (Å²) < 4.78 is 46.5. The fraction of sp³-hybridized carbons (Fsp3) is 0.923. The van der Waals surface area contributed by atoms with Crippen LogP contribution in [0.3, 0.4) is 0 Å². The Morgan fingerprint density at radius 2 is 2.15 bits per heavy atom. The molecule has 0 aliphatic heterocycles. The minimum absolute atomic E-state index is 0.0496. The number of nitrogens with one attached hydrogen (secondary N) is 1. The Hall–Kier alpha value is -0.820. The number of rotatable bonds is 7. The summed E-state index contributed by atoms with van der Waals surface area (Å²) in [6, 6.07) is 0. The lowest BCUT2D eigenvalue weighted by Crippen LogP contribution is -2.49. The molecule has 1 aliphatic carbocycles. The SMILES string of the molecule is CCOC(=O)C1(NC)CCC(OCCCC(F)(F)F)C1. The first-order chi connectivity index (χ1) is 9.33. The summed E-state index contributed by atoms with van der Waals surface area (Å²) in [6.07, 6.45) is -3.56. The second-order valence-electron chi connectivity index (χ2n) is 5.01. The van der Waals surface area contributed by atoms with E-state index in [9.17, 15) is 18.0 Å². The zero-order valence-corrected chi connectivity index (χ0v) is 11.9. The molecular formula is C13H22F3NO3. The van der Waals surface area contributed by atoms with Crippen molar-refractivity contribution in [2.75, 3.05) is 20.3 Å². The first-order valence-corrected chi connectivity index (χ1v) is 6.87. The summed E-state index contributed by atoms with van der Waals surface area (Å²) in [5.41, 5.74) is -0.759. The lowest BCUT2D eigenvalue weighted by atomic mass is 9.98. The number of likely N-dealkylation sites (N-methyl/N-ethyl adjacent to an activating group) is 1. The Morgan fingerprint density at radius 1 is 1.45 bits per heavy atom. The van der Waals surface area contributed by atoms with Crippen molar-refractivity contribution in [2.45, 2.75) is 56.8 Å². The van der Waals surface area contributed by atoms with Crippen LogP contribution in [0.15, 0.2) is 0 Å². The van der Waals surface area contributed by atoms with Crippen molar-refractivity contribution in [1.29, 1.82) is 0 Å². The Balaban J connectivity index is 2.36. The van der Waals surface area contributed by atoms with Crippen LogP contribution in [0, 0.1) is 0 Å². The molecule has 0 saturated heterocycles. The van der Waals surface area contributed by atoms with E-state index in [-0.39, 0.29) is 25.1 Å². The molecule has 4 nitrogen and oxygen atoms in total. The summed E-state index contributed by atoms with van der Waals surface area (Å²) in [6.45, 7) is 2.10. The molecule has 1 N–H and O–H groups in total. The smallest absolute Gasteiger partial charge is 0.389 e. The highest BCUT2D eigenvalue weighted by Crippen LogP contribution is 2.33. The molecule has 118 valence electrons. The van der Waals surface area contributed by atoms with Gasteiger partial charge in [0.15, 0.2) is 0 Å². The highest BCUT2D eigenvalue weighted by Gasteiger charge is 2.45. The van der Waals surface area contributed by atoms with Gasteiger partial charge in [0, 0.05) is 19.4 Å². The van der Waals surface area contributed by atoms with Gasteiger partial charge >= 0.3 is 12.1 Å². The summed E-state index contributed by atoms with van der Waals surface area (Å²) in [4.78, 5) is 11.9. The summed E-state index contributed by atoms with van der Waals surface area (Å²) in [7, 11) is 1.68. The van der Waals surface area contributed by atoms with Gasteiger partial charge in [-0.1, -0.05) is 0 Å². The zero-order chi connectivity index (χ0) is 15.2. The minimum Gasteiger partial charge on any atom is -0.465 e. The fourth-order valence-electron chi connectivity index (χ4n) is 2.45. The predicted octanol–water partition coefficient (Wildman–Crippen LogP) is 2.42. The topological polar surface area (TPSA) is 47.6 Å². The standard InChI is InChI=1S/C13H22F3NO3/c1-3-19-11(18)12(17-2)7-5-10(9-12)20-8-4-6-13(14,15)16/h10,17H,3-9H2,1-2H3. The number of hydrogen-bond donors (Lipinski definition) is 1. The fourth-order valence-corrected chi connectivity index (χ4v) is 2.45. The molecule has 0 heterocycles. The van der Waals surface area contributed by atoms with Crippen molar-refractivity contribution in [3.63, 3.8) is 0 Å². The van der Waals surface area contributed by atoms with E-state index in [0.29, 0.717) is 25.9 Å². The molecule has 20 heavy (non-hydrogen) atoms. The van der Waals surface area contributed by atoms with Gasteiger partial charge in [0.05, 0.1) is 12.7 Å². The number of carbonyl (C=O) groups is 1. The lowest BCUT2D eigenvalue weighted by molar-refractivity contribution is -0.151. The van der Waals surface area contributed by atoms with Crippen molar-refractivity contribution in [3.8, 4) is 0 Å². The molecule has 0 aromatic rings. The molecule has 0 amide bonds. The third kappa shape index (κ3) is 4.94. The van der Waals surface area contributed by atoms with Crippen molar-refractivity contribution in [2.24, 2.45) is 0 Å². The number of esters is 1. The Bertz CT molecular complexity index is 322. The maximum Gasteiger partial charge on any atom is 0.389 e. The lowest BCUT2D eigenvalue weighted by Gasteiger charge is -2.26. The van der Waals surface area contributed by atoms with Gasteiger partial charge in [-0.3, -0.25) is 4.79 Å². The number of halogens is 3. The summed E-state index contributed by atoms with van der Waals surface area (Å²) in [5, 5.41) is 2.97. The molecule has 0 bridgehead atoms. The van der Waals surface area contributed by atoms with Gasteiger partial charge in [0.2, 0.25) is 0 Å². The highest BCUT2D eigenvalue weighted by atomic mass is 19.4. The van der Waals surface area contributed by atoms with E-state index in [1.807, 2.05) is 0 Å². The van der Waals surface area contributed by atoms with Crippen LogP contribution in [-0.2, 0) is 14.3 Å². The van der Waals surface area contributed by atoms with Gasteiger partial charge in [0.1, 0.15) is 5.54 Å². The molecular weight excluding hydrogens is 275 g/mol. The number of ether oxygens (including phenoxy) is 2. The van der Waals surface area contributed by atoms with Crippen LogP contribution in [0.4, 0.5) is 13.2 Å². The largest absolute Gasteiger partial charge is 0.465 e. The summed E-state index contributed by atoms with van der Waals surface area (Å²) >= 11 is 0. The van der Waals surface area contributed by atoms with Crippen LogP contribution in [0.5, 0.6) is 0 Å². The molecule has 1 saturated carbocycles. The second-order valence-corrected chi connectivity index (χ2v) is 5.01. The maximum absolute atomic E-state index is 12.0. The van der Waals surface area contributed by atoms with Gasteiger partial charge < -0.3 is 14.8 Å². The third-order valence-electron chi connectivity index (χ3n) is 3.57.